The summed E-state index contributed by atoms with van der Waals surface area (Å²) in [5, 5.41) is 5.58. The normalized spacial score (nSPS) is 10.8. The van der Waals surface area contributed by atoms with E-state index < -0.39 is 10.0 Å². The molecule has 0 fully saturated rings. The summed E-state index contributed by atoms with van der Waals surface area (Å²) < 4.78 is 33.1. The fourth-order valence-corrected chi connectivity index (χ4v) is 4.03. The summed E-state index contributed by atoms with van der Waals surface area (Å²) in [7, 11) is -3.76. The zero-order valence-corrected chi connectivity index (χ0v) is 19.2. The second-order valence-corrected chi connectivity index (χ2v) is 8.95. The van der Waals surface area contributed by atoms with E-state index >= 15 is 0 Å². The first-order valence-corrected chi connectivity index (χ1v) is 11.7. The van der Waals surface area contributed by atoms with Crippen molar-refractivity contribution in [1.29, 1.82) is 0 Å². The lowest BCUT2D eigenvalue weighted by molar-refractivity contribution is 0.0977. The minimum absolute atomic E-state index is 0.0894. The van der Waals surface area contributed by atoms with Gasteiger partial charge in [0.15, 0.2) is 5.11 Å². The number of rotatable bonds is 7. The maximum absolute atomic E-state index is 12.6. The first-order valence-electron chi connectivity index (χ1n) is 9.81. The van der Waals surface area contributed by atoms with Gasteiger partial charge in [-0.2, -0.15) is 0 Å². The van der Waals surface area contributed by atoms with Crippen LogP contribution >= 0.6 is 12.2 Å². The van der Waals surface area contributed by atoms with Gasteiger partial charge in [-0.3, -0.25) is 14.8 Å². The fourth-order valence-electron chi connectivity index (χ4n) is 2.76. The summed E-state index contributed by atoms with van der Waals surface area (Å²) in [5.74, 6) is 0.331. The standard InChI is InChI=1S/C23H23N3O4S2/c1-3-30-20-12-8-19(9-13-20)26-32(28,29)21-14-10-18(11-15-21)24-23(31)25-22(27)17-6-4-16(2)5-7-17/h4-15,26H,3H2,1-2H3,(H2,24,25,27,31). The van der Waals surface area contributed by atoms with Crippen LogP contribution in [0.1, 0.15) is 22.8 Å². The molecular weight excluding hydrogens is 446 g/mol. The van der Waals surface area contributed by atoms with Crippen molar-refractivity contribution in [1.82, 2.24) is 5.32 Å². The van der Waals surface area contributed by atoms with E-state index in [4.69, 9.17) is 17.0 Å². The Morgan fingerprint density at radius 1 is 0.906 bits per heavy atom. The molecule has 0 atom stereocenters. The zero-order chi connectivity index (χ0) is 23.1. The number of hydrogen-bond acceptors (Lipinski definition) is 5. The third-order valence-corrected chi connectivity index (χ3v) is 5.98. The molecular formula is C23H23N3O4S2. The summed E-state index contributed by atoms with van der Waals surface area (Å²) in [6.07, 6.45) is 0. The molecule has 0 aliphatic rings. The summed E-state index contributed by atoms with van der Waals surface area (Å²) in [6, 6.07) is 19.8. The SMILES string of the molecule is CCOc1ccc(NS(=O)(=O)c2ccc(NC(=S)NC(=O)c3ccc(C)cc3)cc2)cc1. The monoisotopic (exact) mass is 469 g/mol. The van der Waals surface area contributed by atoms with Crippen LogP contribution < -0.4 is 20.1 Å². The van der Waals surface area contributed by atoms with Crippen molar-refractivity contribution < 1.29 is 17.9 Å². The second kappa shape index (κ2) is 10.3. The molecule has 3 N–H and O–H groups in total. The first kappa shape index (κ1) is 23.2. The summed E-state index contributed by atoms with van der Waals surface area (Å²) in [4.78, 5) is 12.3. The molecule has 1 amide bonds. The number of hydrogen-bond donors (Lipinski definition) is 3. The maximum Gasteiger partial charge on any atom is 0.261 e. The van der Waals surface area contributed by atoms with Crippen molar-refractivity contribution in [3.8, 4) is 5.75 Å². The molecule has 3 rings (SSSR count). The number of ether oxygens (including phenoxy) is 1. The van der Waals surface area contributed by atoms with Crippen LogP contribution in [0.25, 0.3) is 0 Å². The van der Waals surface area contributed by atoms with Crippen LogP contribution in [0, 0.1) is 6.92 Å². The smallest absolute Gasteiger partial charge is 0.261 e. The number of benzene rings is 3. The van der Waals surface area contributed by atoms with E-state index in [-0.39, 0.29) is 15.9 Å². The molecule has 0 saturated heterocycles. The van der Waals surface area contributed by atoms with Gasteiger partial charge < -0.3 is 10.1 Å². The van der Waals surface area contributed by atoms with Gasteiger partial charge in [0.25, 0.3) is 15.9 Å². The highest BCUT2D eigenvalue weighted by Gasteiger charge is 2.14. The van der Waals surface area contributed by atoms with Gasteiger partial charge in [-0.25, -0.2) is 8.42 Å². The van der Waals surface area contributed by atoms with E-state index in [0.717, 1.165) is 5.56 Å². The third kappa shape index (κ3) is 6.29. The predicted octanol–water partition coefficient (Wildman–Crippen LogP) is 4.32. The average molecular weight is 470 g/mol. The number of anilines is 2. The van der Waals surface area contributed by atoms with E-state index in [0.29, 0.717) is 29.3 Å². The van der Waals surface area contributed by atoms with E-state index in [1.807, 2.05) is 26.0 Å². The van der Waals surface area contributed by atoms with Crippen LogP contribution in [0.4, 0.5) is 11.4 Å². The van der Waals surface area contributed by atoms with E-state index in [1.54, 1.807) is 48.5 Å². The van der Waals surface area contributed by atoms with Crippen molar-refractivity contribution in [2.24, 2.45) is 0 Å². The number of aryl methyl sites for hydroxylation is 1. The molecule has 0 aliphatic carbocycles. The average Bonchev–Trinajstić information content (AvgIpc) is 2.76. The topological polar surface area (TPSA) is 96.5 Å². The molecule has 0 spiro atoms. The Bertz CT molecular complexity index is 1190. The Hall–Kier alpha value is -3.43. The van der Waals surface area contributed by atoms with Gasteiger partial charge in [-0.05, 0) is 86.7 Å². The van der Waals surface area contributed by atoms with Gasteiger partial charge in [-0.15, -0.1) is 0 Å². The maximum atomic E-state index is 12.6. The highest BCUT2D eigenvalue weighted by atomic mass is 32.2. The summed E-state index contributed by atoms with van der Waals surface area (Å²) >= 11 is 5.18. The molecule has 32 heavy (non-hydrogen) atoms. The van der Waals surface area contributed by atoms with Gasteiger partial charge in [0.2, 0.25) is 0 Å². The van der Waals surface area contributed by atoms with E-state index in [1.165, 1.54) is 12.1 Å². The Morgan fingerprint density at radius 2 is 1.50 bits per heavy atom. The Morgan fingerprint density at radius 3 is 2.09 bits per heavy atom. The van der Waals surface area contributed by atoms with Crippen molar-refractivity contribution in [2.75, 3.05) is 16.6 Å². The lowest BCUT2D eigenvalue weighted by Gasteiger charge is -2.12. The van der Waals surface area contributed by atoms with Crippen LogP contribution in [0.15, 0.2) is 77.7 Å². The van der Waals surface area contributed by atoms with Gasteiger partial charge in [0.05, 0.1) is 11.5 Å². The van der Waals surface area contributed by atoms with Gasteiger partial charge >= 0.3 is 0 Å². The first-order chi connectivity index (χ1) is 15.3. The molecule has 7 nitrogen and oxygen atoms in total. The van der Waals surface area contributed by atoms with Gasteiger partial charge in [0, 0.05) is 16.9 Å². The van der Waals surface area contributed by atoms with Crippen molar-refractivity contribution in [2.45, 2.75) is 18.7 Å². The molecule has 0 unspecified atom stereocenters. The Kier molecular flexibility index (Phi) is 7.45. The summed E-state index contributed by atoms with van der Waals surface area (Å²) in [5.41, 5.74) is 2.51. The van der Waals surface area contributed by atoms with Crippen molar-refractivity contribution in [3.63, 3.8) is 0 Å². The Labute approximate surface area is 192 Å². The van der Waals surface area contributed by atoms with Crippen LogP contribution in [0.3, 0.4) is 0 Å². The minimum Gasteiger partial charge on any atom is -0.494 e. The number of amides is 1. The largest absolute Gasteiger partial charge is 0.494 e. The molecule has 0 aromatic heterocycles. The highest BCUT2D eigenvalue weighted by Crippen LogP contribution is 2.21. The molecule has 166 valence electrons. The highest BCUT2D eigenvalue weighted by molar-refractivity contribution is 7.92. The lowest BCUT2D eigenvalue weighted by Crippen LogP contribution is -2.34. The number of thiocarbonyl (C=S) groups is 1. The molecule has 3 aromatic carbocycles. The molecule has 0 radical (unpaired) electrons. The van der Waals surface area contributed by atoms with Crippen molar-refractivity contribution >= 4 is 44.6 Å². The fraction of sp³-hybridized carbons (Fsp3) is 0.130. The van der Waals surface area contributed by atoms with E-state index in [2.05, 4.69) is 15.4 Å². The predicted molar refractivity (Wildman–Crippen MR) is 130 cm³/mol. The molecule has 3 aromatic rings. The van der Waals surface area contributed by atoms with Gasteiger partial charge in [0.1, 0.15) is 5.75 Å². The third-order valence-electron chi connectivity index (χ3n) is 4.38. The second-order valence-electron chi connectivity index (χ2n) is 6.86. The minimum atomic E-state index is -3.76. The van der Waals surface area contributed by atoms with Crippen LogP contribution in [-0.4, -0.2) is 26.0 Å². The molecule has 0 saturated carbocycles. The number of sulfonamides is 1. The molecule has 9 heteroatoms. The van der Waals surface area contributed by atoms with Crippen LogP contribution in [0.5, 0.6) is 5.75 Å². The number of carbonyl (C=O) groups excluding carboxylic acids is 1. The summed E-state index contributed by atoms with van der Waals surface area (Å²) in [6.45, 7) is 4.34. The van der Waals surface area contributed by atoms with Crippen molar-refractivity contribution in [3.05, 3.63) is 83.9 Å². The lowest BCUT2D eigenvalue weighted by atomic mass is 10.1. The quantitative estimate of drug-likeness (QED) is 0.446. The van der Waals surface area contributed by atoms with Crippen LogP contribution in [0.2, 0.25) is 0 Å². The molecule has 0 bridgehead atoms. The van der Waals surface area contributed by atoms with Gasteiger partial charge in [-0.1, -0.05) is 17.7 Å². The molecule has 0 heterocycles. The number of nitrogens with one attached hydrogen (secondary N) is 3. The van der Waals surface area contributed by atoms with Crippen LogP contribution in [-0.2, 0) is 10.0 Å². The van der Waals surface area contributed by atoms with E-state index in [9.17, 15) is 13.2 Å². The molecule has 0 aliphatic heterocycles. The number of carbonyl (C=O) groups is 1. The zero-order valence-electron chi connectivity index (χ0n) is 17.6. The Balaban J connectivity index is 1.60.